The second-order valence-corrected chi connectivity index (χ2v) is 8.36. The van der Waals surface area contributed by atoms with Crippen LogP contribution in [0.1, 0.15) is 15.9 Å². The number of carbonyl (C=O) groups excluding carboxylic acids is 1. The number of hydrogen-bond donors (Lipinski definition) is 2. The maximum absolute atomic E-state index is 12.5. The first-order chi connectivity index (χ1) is 13.7. The number of alkyl halides is 2. The lowest BCUT2D eigenvalue weighted by atomic mass is 10.2. The third-order valence-corrected chi connectivity index (χ3v) is 5.84. The summed E-state index contributed by atoms with van der Waals surface area (Å²) in [5.41, 5.74) is 0.790. The fraction of sp³-hybridized carbons (Fsp3) is 0.278. The van der Waals surface area contributed by atoms with E-state index in [2.05, 4.69) is 30.7 Å². The number of sulfonamides is 1. The van der Waals surface area contributed by atoms with Gasteiger partial charge in [0.25, 0.3) is 5.91 Å². The minimum absolute atomic E-state index is 0.0108. The summed E-state index contributed by atoms with van der Waals surface area (Å²) in [4.78, 5) is 12.4. The average molecular weight is 493 g/mol. The Labute approximate surface area is 175 Å². The Kier molecular flexibility index (Phi) is 8.50. The first kappa shape index (κ1) is 23.2. The van der Waals surface area contributed by atoms with Crippen LogP contribution in [-0.2, 0) is 21.3 Å². The molecule has 0 saturated heterocycles. The Morgan fingerprint density at radius 1 is 1.17 bits per heavy atom. The summed E-state index contributed by atoms with van der Waals surface area (Å²) in [5, 5.41) is 2.65. The lowest BCUT2D eigenvalue weighted by Crippen LogP contribution is -2.28. The van der Waals surface area contributed by atoms with Gasteiger partial charge in [-0.3, -0.25) is 4.79 Å². The Hall–Kier alpha value is -2.08. The first-order valence-electron chi connectivity index (χ1n) is 8.33. The van der Waals surface area contributed by atoms with E-state index in [4.69, 9.17) is 4.74 Å². The zero-order valence-corrected chi connectivity index (χ0v) is 17.7. The number of methoxy groups -OCH3 is 1. The van der Waals surface area contributed by atoms with Crippen molar-refractivity contribution in [1.82, 2.24) is 10.0 Å². The highest BCUT2D eigenvalue weighted by Crippen LogP contribution is 2.21. The quantitative estimate of drug-likeness (QED) is 0.497. The van der Waals surface area contributed by atoms with Crippen molar-refractivity contribution in [1.29, 1.82) is 0 Å². The molecule has 0 aliphatic rings. The van der Waals surface area contributed by atoms with E-state index in [-0.39, 0.29) is 35.9 Å². The second-order valence-electron chi connectivity index (χ2n) is 5.74. The van der Waals surface area contributed by atoms with Gasteiger partial charge >= 0.3 is 6.61 Å². The highest BCUT2D eigenvalue weighted by molar-refractivity contribution is 9.10. The van der Waals surface area contributed by atoms with Gasteiger partial charge in [0, 0.05) is 24.7 Å². The van der Waals surface area contributed by atoms with E-state index < -0.39 is 22.5 Å². The van der Waals surface area contributed by atoms with Gasteiger partial charge in [-0.1, -0.05) is 12.1 Å². The molecule has 2 aromatic rings. The van der Waals surface area contributed by atoms with Crippen molar-refractivity contribution in [3.8, 4) is 5.75 Å². The van der Waals surface area contributed by atoms with E-state index in [1.807, 2.05) is 0 Å². The topological polar surface area (TPSA) is 93.7 Å². The van der Waals surface area contributed by atoms with E-state index in [0.29, 0.717) is 10.0 Å². The predicted molar refractivity (Wildman–Crippen MR) is 105 cm³/mol. The van der Waals surface area contributed by atoms with E-state index in [0.717, 1.165) is 0 Å². The molecule has 0 heterocycles. The van der Waals surface area contributed by atoms with Crippen molar-refractivity contribution in [2.24, 2.45) is 0 Å². The minimum Gasteiger partial charge on any atom is -0.435 e. The van der Waals surface area contributed by atoms with E-state index in [1.54, 1.807) is 0 Å². The van der Waals surface area contributed by atoms with Crippen molar-refractivity contribution >= 4 is 31.9 Å². The van der Waals surface area contributed by atoms with Gasteiger partial charge in [-0.2, -0.15) is 8.78 Å². The Morgan fingerprint density at radius 2 is 1.86 bits per heavy atom. The number of nitrogens with one attached hydrogen (secondary N) is 2. The van der Waals surface area contributed by atoms with Gasteiger partial charge in [0.05, 0.1) is 17.1 Å². The fourth-order valence-electron chi connectivity index (χ4n) is 2.27. The van der Waals surface area contributed by atoms with Crippen LogP contribution in [-0.4, -0.2) is 41.2 Å². The second kappa shape index (κ2) is 10.6. The molecule has 0 aliphatic heterocycles. The summed E-state index contributed by atoms with van der Waals surface area (Å²) in [6, 6.07) is 9.90. The first-order valence-corrected chi connectivity index (χ1v) is 10.6. The monoisotopic (exact) mass is 492 g/mol. The van der Waals surface area contributed by atoms with Gasteiger partial charge in [0.2, 0.25) is 10.0 Å². The van der Waals surface area contributed by atoms with Gasteiger partial charge in [-0.25, -0.2) is 13.1 Å². The number of ether oxygens (including phenoxy) is 2. The number of hydrogen-bond acceptors (Lipinski definition) is 5. The Bertz CT molecular complexity index is 940. The molecular weight excluding hydrogens is 474 g/mol. The molecule has 2 rings (SSSR count). The summed E-state index contributed by atoms with van der Waals surface area (Å²) in [5.74, 6) is -0.490. The van der Waals surface area contributed by atoms with Gasteiger partial charge in [-0.05, 0) is 51.8 Å². The molecule has 2 N–H and O–H groups in total. The van der Waals surface area contributed by atoms with Crippen LogP contribution in [0, 0.1) is 0 Å². The van der Waals surface area contributed by atoms with Crippen molar-refractivity contribution < 1.29 is 31.5 Å². The third kappa shape index (κ3) is 7.03. The van der Waals surface area contributed by atoms with Crippen molar-refractivity contribution in [3.63, 3.8) is 0 Å². The molecule has 0 atom stereocenters. The normalized spacial score (nSPS) is 11.5. The molecule has 0 aliphatic carbocycles. The fourth-order valence-corrected chi connectivity index (χ4v) is 3.74. The zero-order valence-electron chi connectivity index (χ0n) is 15.3. The Morgan fingerprint density at radius 3 is 2.48 bits per heavy atom. The zero-order chi connectivity index (χ0) is 21.4. The van der Waals surface area contributed by atoms with Crippen LogP contribution >= 0.6 is 15.9 Å². The lowest BCUT2D eigenvalue weighted by molar-refractivity contribution is -0.0498. The standard InChI is InChI=1S/C18H19BrF2N2O5S/c1-27-9-8-23-29(25,26)14-6-7-16(19)15(10-14)17(24)22-11-12-2-4-13(5-3-12)28-18(20)21/h2-7,10,18,23H,8-9,11H2,1H3,(H,22,24). The average Bonchev–Trinajstić information content (AvgIpc) is 2.67. The summed E-state index contributed by atoms with van der Waals surface area (Å²) in [6.07, 6.45) is 0. The summed E-state index contributed by atoms with van der Waals surface area (Å²) in [7, 11) is -2.34. The summed E-state index contributed by atoms with van der Waals surface area (Å²) in [6.45, 7) is -2.49. The maximum Gasteiger partial charge on any atom is 0.387 e. The van der Waals surface area contributed by atoms with Gasteiger partial charge in [0.1, 0.15) is 5.75 Å². The lowest BCUT2D eigenvalue weighted by Gasteiger charge is -2.11. The number of amides is 1. The van der Waals surface area contributed by atoms with E-state index in [9.17, 15) is 22.0 Å². The minimum atomic E-state index is -3.79. The molecule has 29 heavy (non-hydrogen) atoms. The van der Waals surface area contributed by atoms with Crippen LogP contribution in [0.3, 0.4) is 0 Å². The molecule has 11 heteroatoms. The highest BCUT2D eigenvalue weighted by atomic mass is 79.9. The maximum atomic E-state index is 12.5. The van der Waals surface area contributed by atoms with Crippen LogP contribution in [0.15, 0.2) is 51.8 Å². The van der Waals surface area contributed by atoms with Crippen LogP contribution in [0.2, 0.25) is 0 Å². The largest absolute Gasteiger partial charge is 0.435 e. The van der Waals surface area contributed by atoms with Crippen molar-refractivity contribution in [3.05, 3.63) is 58.1 Å². The number of rotatable bonds is 10. The molecule has 0 bridgehead atoms. The van der Waals surface area contributed by atoms with E-state index in [1.165, 1.54) is 49.6 Å². The smallest absolute Gasteiger partial charge is 0.387 e. The molecule has 0 spiro atoms. The van der Waals surface area contributed by atoms with Crippen LogP contribution < -0.4 is 14.8 Å². The van der Waals surface area contributed by atoms with Crippen molar-refractivity contribution in [2.45, 2.75) is 18.1 Å². The number of benzene rings is 2. The van der Waals surface area contributed by atoms with Crippen LogP contribution in [0.25, 0.3) is 0 Å². The molecule has 0 radical (unpaired) electrons. The van der Waals surface area contributed by atoms with E-state index >= 15 is 0 Å². The highest BCUT2D eigenvalue weighted by Gasteiger charge is 2.18. The van der Waals surface area contributed by atoms with Crippen LogP contribution in [0.4, 0.5) is 8.78 Å². The van der Waals surface area contributed by atoms with Gasteiger partial charge < -0.3 is 14.8 Å². The summed E-state index contributed by atoms with van der Waals surface area (Å²) >= 11 is 3.24. The van der Waals surface area contributed by atoms with Gasteiger partial charge in [0.15, 0.2) is 0 Å². The molecule has 158 valence electrons. The number of halogens is 3. The molecule has 7 nitrogen and oxygen atoms in total. The SMILES string of the molecule is COCCNS(=O)(=O)c1ccc(Br)c(C(=O)NCc2ccc(OC(F)F)cc2)c1. The molecule has 1 amide bonds. The summed E-state index contributed by atoms with van der Waals surface area (Å²) < 4.78 is 60.8. The molecule has 0 unspecified atom stereocenters. The molecular formula is C18H19BrF2N2O5S. The molecule has 0 saturated carbocycles. The number of carbonyl (C=O) groups is 1. The molecule has 0 aromatic heterocycles. The molecule has 2 aromatic carbocycles. The molecule has 0 fully saturated rings. The third-order valence-electron chi connectivity index (χ3n) is 3.69. The Balaban J connectivity index is 2.06. The van der Waals surface area contributed by atoms with Crippen molar-refractivity contribution in [2.75, 3.05) is 20.3 Å². The van der Waals surface area contributed by atoms with Gasteiger partial charge in [-0.15, -0.1) is 0 Å². The van der Waals surface area contributed by atoms with Crippen LogP contribution in [0.5, 0.6) is 5.75 Å². The predicted octanol–water partition coefficient (Wildman–Crippen LogP) is 2.91.